The van der Waals surface area contributed by atoms with Crippen LogP contribution in [0.4, 0.5) is 0 Å². The Bertz CT molecular complexity index is 469. The van der Waals surface area contributed by atoms with Crippen LogP contribution in [0.2, 0.25) is 0 Å². The number of carboxylic acid groups (broad SMARTS) is 1. The topological polar surface area (TPSA) is 86.7 Å². The van der Waals surface area contributed by atoms with E-state index in [-0.39, 0.29) is 17.7 Å². The summed E-state index contributed by atoms with van der Waals surface area (Å²) in [6.45, 7) is 0.372. The number of rotatable bonds is 5. The molecule has 0 aromatic carbocycles. The van der Waals surface area contributed by atoms with E-state index in [0.717, 1.165) is 38.5 Å². The van der Waals surface area contributed by atoms with E-state index in [1.807, 2.05) is 0 Å². The summed E-state index contributed by atoms with van der Waals surface area (Å²) < 4.78 is 0. The number of nitrogens with one attached hydrogen (secondary N) is 1. The van der Waals surface area contributed by atoms with Gasteiger partial charge in [-0.1, -0.05) is 19.3 Å². The Labute approximate surface area is 137 Å². The molecule has 2 N–H and O–H groups in total. The Morgan fingerprint density at radius 1 is 1.09 bits per heavy atom. The standard InChI is InChI=1S/C17H28N2O4/c1-19(2)16(23)17(8-3-4-9-17)11-18-14(20)12-6-5-7-13(10-12)15(21)22/h12-13H,3-11H2,1-2H3,(H,18,20)(H,21,22). The van der Waals surface area contributed by atoms with Gasteiger partial charge in [0.15, 0.2) is 0 Å². The van der Waals surface area contributed by atoms with Crippen molar-refractivity contribution in [2.24, 2.45) is 17.3 Å². The van der Waals surface area contributed by atoms with Crippen molar-refractivity contribution < 1.29 is 19.5 Å². The maximum absolute atomic E-state index is 12.5. The van der Waals surface area contributed by atoms with Gasteiger partial charge in [-0.2, -0.15) is 0 Å². The van der Waals surface area contributed by atoms with Gasteiger partial charge < -0.3 is 15.3 Å². The molecule has 2 saturated carbocycles. The van der Waals surface area contributed by atoms with Crippen molar-refractivity contribution in [3.05, 3.63) is 0 Å². The van der Waals surface area contributed by atoms with Gasteiger partial charge in [-0.3, -0.25) is 14.4 Å². The lowest BCUT2D eigenvalue weighted by atomic mass is 9.80. The first kappa shape index (κ1) is 17.8. The van der Waals surface area contributed by atoms with Gasteiger partial charge in [-0.05, 0) is 32.1 Å². The van der Waals surface area contributed by atoms with E-state index in [9.17, 15) is 14.4 Å². The number of nitrogens with zero attached hydrogens (tertiary/aromatic N) is 1. The predicted octanol–water partition coefficient (Wildman–Crippen LogP) is 1.64. The molecule has 0 aromatic heterocycles. The van der Waals surface area contributed by atoms with Gasteiger partial charge in [-0.15, -0.1) is 0 Å². The van der Waals surface area contributed by atoms with Crippen LogP contribution >= 0.6 is 0 Å². The van der Waals surface area contributed by atoms with Gasteiger partial charge in [0.25, 0.3) is 0 Å². The van der Waals surface area contributed by atoms with Crippen molar-refractivity contribution >= 4 is 17.8 Å². The fourth-order valence-corrected chi connectivity index (χ4v) is 4.05. The van der Waals surface area contributed by atoms with Gasteiger partial charge >= 0.3 is 5.97 Å². The van der Waals surface area contributed by atoms with Crippen LogP contribution in [-0.2, 0) is 14.4 Å². The monoisotopic (exact) mass is 324 g/mol. The van der Waals surface area contributed by atoms with Crippen molar-refractivity contribution in [3.63, 3.8) is 0 Å². The van der Waals surface area contributed by atoms with Crippen LogP contribution in [0.3, 0.4) is 0 Å². The van der Waals surface area contributed by atoms with E-state index >= 15 is 0 Å². The van der Waals surface area contributed by atoms with Crippen molar-refractivity contribution in [3.8, 4) is 0 Å². The van der Waals surface area contributed by atoms with E-state index < -0.39 is 17.3 Å². The van der Waals surface area contributed by atoms with E-state index in [1.54, 1.807) is 19.0 Å². The SMILES string of the molecule is CN(C)C(=O)C1(CNC(=O)C2CCCC(C(=O)O)C2)CCCC1. The molecule has 2 aliphatic rings. The molecule has 2 amide bonds. The predicted molar refractivity (Wildman–Crippen MR) is 85.7 cm³/mol. The summed E-state index contributed by atoms with van der Waals surface area (Å²) in [5, 5.41) is 12.1. The van der Waals surface area contributed by atoms with Gasteiger partial charge in [0.05, 0.1) is 11.3 Å². The highest BCUT2D eigenvalue weighted by atomic mass is 16.4. The molecular weight excluding hydrogens is 296 g/mol. The van der Waals surface area contributed by atoms with E-state index in [0.29, 0.717) is 19.4 Å². The van der Waals surface area contributed by atoms with E-state index in [1.165, 1.54) is 0 Å². The molecule has 2 fully saturated rings. The number of hydrogen-bond acceptors (Lipinski definition) is 3. The number of amides is 2. The minimum absolute atomic E-state index is 0.0855. The molecule has 6 nitrogen and oxygen atoms in total. The minimum atomic E-state index is -0.808. The fraction of sp³-hybridized carbons (Fsp3) is 0.824. The summed E-state index contributed by atoms with van der Waals surface area (Å²) in [7, 11) is 3.51. The lowest BCUT2D eigenvalue weighted by Gasteiger charge is -2.32. The zero-order valence-electron chi connectivity index (χ0n) is 14.1. The molecule has 0 radical (unpaired) electrons. The molecular formula is C17H28N2O4. The number of carbonyl (C=O) groups excluding carboxylic acids is 2. The Hall–Kier alpha value is -1.59. The average molecular weight is 324 g/mol. The van der Waals surface area contributed by atoms with E-state index in [2.05, 4.69) is 5.32 Å². The summed E-state index contributed by atoms with van der Waals surface area (Å²) in [5.74, 6) is -1.46. The highest BCUT2D eigenvalue weighted by Gasteiger charge is 2.42. The van der Waals surface area contributed by atoms with Crippen LogP contribution < -0.4 is 5.32 Å². The maximum atomic E-state index is 12.5. The number of aliphatic carboxylic acids is 1. The quantitative estimate of drug-likeness (QED) is 0.805. The summed E-state index contributed by atoms with van der Waals surface area (Å²) in [5.41, 5.74) is -0.472. The maximum Gasteiger partial charge on any atom is 0.306 e. The molecule has 0 bridgehead atoms. The first-order valence-electron chi connectivity index (χ1n) is 8.58. The molecule has 23 heavy (non-hydrogen) atoms. The number of carbonyl (C=O) groups is 3. The second kappa shape index (κ2) is 7.32. The highest BCUT2D eigenvalue weighted by Crippen LogP contribution is 2.39. The molecule has 2 rings (SSSR count). The summed E-state index contributed by atoms with van der Waals surface area (Å²) >= 11 is 0. The lowest BCUT2D eigenvalue weighted by Crippen LogP contribution is -2.48. The number of carboxylic acids is 1. The highest BCUT2D eigenvalue weighted by molar-refractivity contribution is 5.85. The molecule has 0 saturated heterocycles. The molecule has 0 aliphatic heterocycles. The molecule has 0 aromatic rings. The first-order chi connectivity index (χ1) is 10.9. The molecule has 0 spiro atoms. The van der Waals surface area contributed by atoms with Crippen LogP contribution in [0.1, 0.15) is 51.4 Å². The van der Waals surface area contributed by atoms with Crippen molar-refractivity contribution in [1.82, 2.24) is 10.2 Å². The average Bonchev–Trinajstić information content (AvgIpc) is 3.01. The third-order valence-corrected chi connectivity index (χ3v) is 5.42. The molecule has 2 unspecified atom stereocenters. The molecule has 0 heterocycles. The third kappa shape index (κ3) is 4.03. The van der Waals surface area contributed by atoms with Crippen molar-refractivity contribution in [1.29, 1.82) is 0 Å². The first-order valence-corrected chi connectivity index (χ1v) is 8.58. The Morgan fingerprint density at radius 2 is 1.70 bits per heavy atom. The fourth-order valence-electron chi connectivity index (χ4n) is 4.05. The summed E-state index contributed by atoms with van der Waals surface area (Å²) in [4.78, 5) is 37.7. The molecule has 6 heteroatoms. The van der Waals surface area contributed by atoms with Crippen molar-refractivity contribution in [2.75, 3.05) is 20.6 Å². The second-order valence-electron chi connectivity index (χ2n) is 7.30. The normalized spacial score (nSPS) is 26.5. The summed E-state index contributed by atoms with van der Waals surface area (Å²) in [6, 6.07) is 0. The minimum Gasteiger partial charge on any atom is -0.481 e. The van der Waals surface area contributed by atoms with Gasteiger partial charge in [0, 0.05) is 26.6 Å². The Balaban J connectivity index is 1.94. The summed E-state index contributed by atoms with van der Waals surface area (Å²) in [6.07, 6.45) is 6.23. The molecule has 2 atom stereocenters. The van der Waals surface area contributed by atoms with Gasteiger partial charge in [0.1, 0.15) is 0 Å². The molecule has 2 aliphatic carbocycles. The van der Waals surface area contributed by atoms with E-state index in [4.69, 9.17) is 5.11 Å². The zero-order valence-corrected chi connectivity index (χ0v) is 14.1. The van der Waals surface area contributed by atoms with Crippen LogP contribution in [0.5, 0.6) is 0 Å². The van der Waals surface area contributed by atoms with Crippen molar-refractivity contribution in [2.45, 2.75) is 51.4 Å². The smallest absolute Gasteiger partial charge is 0.306 e. The third-order valence-electron chi connectivity index (χ3n) is 5.42. The van der Waals surface area contributed by atoms with Crippen LogP contribution in [0.25, 0.3) is 0 Å². The zero-order chi connectivity index (χ0) is 17.0. The lowest BCUT2D eigenvalue weighted by molar-refractivity contribution is -0.144. The van der Waals surface area contributed by atoms with Crippen LogP contribution in [0, 0.1) is 17.3 Å². The largest absolute Gasteiger partial charge is 0.481 e. The Morgan fingerprint density at radius 3 is 2.26 bits per heavy atom. The van der Waals surface area contributed by atoms with Gasteiger partial charge in [-0.25, -0.2) is 0 Å². The van der Waals surface area contributed by atoms with Gasteiger partial charge in [0.2, 0.25) is 11.8 Å². The molecule has 130 valence electrons. The number of hydrogen-bond donors (Lipinski definition) is 2. The van der Waals surface area contributed by atoms with Crippen LogP contribution in [-0.4, -0.2) is 48.4 Å². The van der Waals surface area contributed by atoms with Crippen LogP contribution in [0.15, 0.2) is 0 Å². The second-order valence-corrected chi connectivity index (χ2v) is 7.30. The Kier molecular flexibility index (Phi) is 5.65.